The number of hydrogen-bond donors (Lipinski definition) is 0. The molecule has 0 saturated heterocycles. The summed E-state index contributed by atoms with van der Waals surface area (Å²) >= 11 is 3.47. The minimum Gasteiger partial charge on any atom is -0.318 e. The standard InChI is InChI=1S/C16H13BrN2O2S/c1-12-5-7-14(8-6-12)22(20,21)18-19-10-9-15-13(11-19)3-2-4-16(15)17/h2-11H,1H3. The second kappa shape index (κ2) is 5.70. The number of rotatable bonds is 3. The van der Waals surface area contributed by atoms with Crippen LogP contribution in [-0.4, -0.2) is 8.42 Å². The van der Waals surface area contributed by atoms with Crippen LogP contribution in [0.1, 0.15) is 5.56 Å². The molecule has 0 aliphatic carbocycles. The fourth-order valence-electron chi connectivity index (χ4n) is 2.11. The highest BCUT2D eigenvalue weighted by molar-refractivity contribution is 9.10. The summed E-state index contributed by atoms with van der Waals surface area (Å²) in [5, 5.41) is 1.90. The highest BCUT2D eigenvalue weighted by Gasteiger charge is 2.09. The Labute approximate surface area is 137 Å². The lowest BCUT2D eigenvalue weighted by Crippen LogP contribution is -2.31. The molecule has 22 heavy (non-hydrogen) atoms. The molecule has 2 aromatic carbocycles. The summed E-state index contributed by atoms with van der Waals surface area (Å²) in [5.74, 6) is 0. The second-order valence-electron chi connectivity index (χ2n) is 4.94. The normalized spacial score (nSPS) is 11.5. The van der Waals surface area contributed by atoms with Gasteiger partial charge in [0.25, 0.3) is 0 Å². The molecule has 0 N–H and O–H groups in total. The molecule has 1 heterocycles. The molecule has 0 atom stereocenters. The summed E-state index contributed by atoms with van der Waals surface area (Å²) in [7, 11) is -3.73. The zero-order valence-electron chi connectivity index (χ0n) is 11.8. The van der Waals surface area contributed by atoms with E-state index in [2.05, 4.69) is 20.8 Å². The average molecular weight is 377 g/mol. The maximum absolute atomic E-state index is 12.3. The number of aromatic nitrogens is 1. The van der Waals surface area contributed by atoms with E-state index in [9.17, 15) is 8.42 Å². The van der Waals surface area contributed by atoms with Crippen LogP contribution in [0.15, 0.2) is 70.3 Å². The summed E-state index contributed by atoms with van der Waals surface area (Å²) < 4.78 is 26.9. The molecule has 0 fully saturated rings. The van der Waals surface area contributed by atoms with Crippen molar-refractivity contribution in [3.63, 3.8) is 0 Å². The molecule has 112 valence electrons. The topological polar surface area (TPSA) is 52.1 Å². The van der Waals surface area contributed by atoms with Crippen molar-refractivity contribution in [2.45, 2.75) is 11.8 Å². The smallest absolute Gasteiger partial charge is 0.172 e. The quantitative estimate of drug-likeness (QED) is 0.654. The van der Waals surface area contributed by atoms with E-state index in [0.29, 0.717) is 0 Å². The number of benzene rings is 2. The first kappa shape index (κ1) is 15.0. The van der Waals surface area contributed by atoms with Crippen LogP contribution in [0.25, 0.3) is 15.6 Å². The molecule has 0 bridgehead atoms. The van der Waals surface area contributed by atoms with E-state index in [-0.39, 0.29) is 4.90 Å². The molecule has 0 radical (unpaired) electrons. The van der Waals surface area contributed by atoms with Crippen molar-refractivity contribution < 1.29 is 13.1 Å². The first-order valence-corrected chi connectivity index (χ1v) is 8.83. The number of nitrogens with zero attached hydrogens (tertiary/aromatic N) is 2. The van der Waals surface area contributed by atoms with Crippen molar-refractivity contribution in [3.8, 4) is 0 Å². The van der Waals surface area contributed by atoms with Gasteiger partial charge in [0.2, 0.25) is 0 Å². The Hall–Kier alpha value is -1.92. The van der Waals surface area contributed by atoms with E-state index in [4.69, 9.17) is 0 Å². The minimum atomic E-state index is -3.73. The lowest BCUT2D eigenvalue weighted by atomic mass is 10.2. The van der Waals surface area contributed by atoms with Crippen LogP contribution in [0.2, 0.25) is 0 Å². The van der Waals surface area contributed by atoms with E-state index in [1.807, 2.05) is 31.2 Å². The predicted molar refractivity (Wildman–Crippen MR) is 89.0 cm³/mol. The Morgan fingerprint density at radius 1 is 1.05 bits per heavy atom. The first-order valence-electron chi connectivity index (χ1n) is 6.60. The van der Waals surface area contributed by atoms with Gasteiger partial charge in [-0.15, -0.1) is 0 Å². The van der Waals surface area contributed by atoms with Crippen LogP contribution in [0.3, 0.4) is 0 Å². The highest BCUT2D eigenvalue weighted by atomic mass is 79.9. The molecule has 0 aliphatic rings. The van der Waals surface area contributed by atoms with Gasteiger partial charge in [-0.1, -0.05) is 39.7 Å². The number of halogens is 1. The molecular formula is C16H13BrN2O2S. The number of fused-ring (bicyclic) bond motifs is 1. The van der Waals surface area contributed by atoms with E-state index in [0.717, 1.165) is 20.8 Å². The van der Waals surface area contributed by atoms with Gasteiger partial charge in [-0.3, -0.25) is 0 Å². The van der Waals surface area contributed by atoms with Crippen molar-refractivity contribution in [1.82, 2.24) is 0 Å². The van der Waals surface area contributed by atoms with Crippen molar-refractivity contribution >= 4 is 36.7 Å². The van der Waals surface area contributed by atoms with Gasteiger partial charge in [0.05, 0.1) is 4.90 Å². The Morgan fingerprint density at radius 3 is 2.50 bits per heavy atom. The molecule has 0 amide bonds. The Morgan fingerprint density at radius 2 is 1.77 bits per heavy atom. The minimum absolute atomic E-state index is 0.180. The molecule has 4 nitrogen and oxygen atoms in total. The van der Waals surface area contributed by atoms with Crippen LogP contribution in [0.5, 0.6) is 0 Å². The monoisotopic (exact) mass is 376 g/mol. The largest absolute Gasteiger partial charge is 0.318 e. The van der Waals surface area contributed by atoms with Crippen LogP contribution in [0.4, 0.5) is 0 Å². The second-order valence-corrected chi connectivity index (χ2v) is 7.38. The lowest BCUT2D eigenvalue weighted by molar-refractivity contribution is -0.612. The van der Waals surface area contributed by atoms with Crippen LogP contribution < -0.4 is 4.68 Å². The summed E-state index contributed by atoms with van der Waals surface area (Å²) in [5.41, 5.74) is 1.00. The summed E-state index contributed by atoms with van der Waals surface area (Å²) in [4.78, 5) is 4.02. The van der Waals surface area contributed by atoms with Gasteiger partial charge in [-0.05, 0) is 31.2 Å². The van der Waals surface area contributed by atoms with Crippen LogP contribution in [-0.2, 0) is 10.0 Å². The van der Waals surface area contributed by atoms with Crippen LogP contribution in [0, 0.1) is 6.92 Å². The maximum Gasteiger partial charge on any atom is 0.172 e. The van der Waals surface area contributed by atoms with Gasteiger partial charge in [0.15, 0.2) is 22.4 Å². The summed E-state index contributed by atoms with van der Waals surface area (Å²) in [6.07, 6.45) is 3.31. The van der Waals surface area contributed by atoms with E-state index < -0.39 is 10.0 Å². The molecule has 0 saturated carbocycles. The molecule has 0 spiro atoms. The lowest BCUT2D eigenvalue weighted by Gasteiger charge is -2.15. The van der Waals surface area contributed by atoms with Crippen molar-refractivity contribution in [1.29, 1.82) is 0 Å². The van der Waals surface area contributed by atoms with Gasteiger partial charge in [-0.2, -0.15) is 0 Å². The summed E-state index contributed by atoms with van der Waals surface area (Å²) in [6, 6.07) is 14.2. The van der Waals surface area contributed by atoms with E-state index in [1.165, 1.54) is 4.68 Å². The van der Waals surface area contributed by atoms with Gasteiger partial charge < -0.3 is 4.83 Å². The number of sulfonamides is 1. The third-order valence-corrected chi connectivity index (χ3v) is 5.24. The summed E-state index contributed by atoms with van der Waals surface area (Å²) in [6.45, 7) is 1.91. The molecule has 6 heteroatoms. The zero-order valence-corrected chi connectivity index (χ0v) is 14.2. The number of hydrogen-bond acceptors (Lipinski definition) is 2. The maximum atomic E-state index is 12.3. The molecule has 0 unspecified atom stereocenters. The molecule has 0 aliphatic heterocycles. The molecule has 1 aromatic heterocycles. The predicted octanol–water partition coefficient (Wildman–Crippen LogP) is 3.72. The number of pyridine rings is 1. The highest BCUT2D eigenvalue weighted by Crippen LogP contribution is 2.22. The third kappa shape index (κ3) is 2.98. The van der Waals surface area contributed by atoms with Crippen LogP contribution >= 0.6 is 15.9 Å². The zero-order chi connectivity index (χ0) is 15.7. The fraction of sp³-hybridized carbons (Fsp3) is 0.0625. The fourth-order valence-corrected chi connectivity index (χ4v) is 3.55. The Bertz CT molecular complexity index is 938. The van der Waals surface area contributed by atoms with Gasteiger partial charge in [0, 0.05) is 21.3 Å². The molecular weight excluding hydrogens is 364 g/mol. The van der Waals surface area contributed by atoms with Gasteiger partial charge in [0.1, 0.15) is 0 Å². The van der Waals surface area contributed by atoms with Gasteiger partial charge in [-0.25, -0.2) is 13.1 Å². The Kier molecular flexibility index (Phi) is 3.88. The molecule has 3 aromatic rings. The van der Waals surface area contributed by atoms with Crippen molar-refractivity contribution in [2.24, 2.45) is 0 Å². The molecule has 3 rings (SSSR count). The van der Waals surface area contributed by atoms with E-state index in [1.54, 1.807) is 36.7 Å². The first-order chi connectivity index (χ1) is 10.5. The third-order valence-electron chi connectivity index (χ3n) is 3.27. The van der Waals surface area contributed by atoms with Crippen molar-refractivity contribution in [3.05, 3.63) is 75.8 Å². The van der Waals surface area contributed by atoms with Gasteiger partial charge >= 0.3 is 0 Å². The SMILES string of the molecule is Cc1ccc(S(=O)(=O)[N-][n+]2ccc3c(Br)cccc3c2)cc1. The average Bonchev–Trinajstić information content (AvgIpc) is 2.47. The van der Waals surface area contributed by atoms with Crippen molar-refractivity contribution in [2.75, 3.05) is 0 Å². The number of aryl methyl sites for hydroxylation is 1. The Balaban J connectivity index is 1.97. The van der Waals surface area contributed by atoms with E-state index >= 15 is 0 Å².